The minimum atomic E-state index is -3.86. The van der Waals surface area contributed by atoms with Crippen LogP contribution in [0.4, 0.5) is 0 Å². The summed E-state index contributed by atoms with van der Waals surface area (Å²) in [4.78, 5) is 13.1. The van der Waals surface area contributed by atoms with E-state index < -0.39 is 29.8 Å². The number of carbonyl (C=O) groups excluding carboxylic acids is 1. The van der Waals surface area contributed by atoms with Crippen molar-refractivity contribution in [2.45, 2.75) is 60.1 Å². The summed E-state index contributed by atoms with van der Waals surface area (Å²) in [5.74, 6) is 0. The summed E-state index contributed by atoms with van der Waals surface area (Å²) in [5, 5.41) is 0. The van der Waals surface area contributed by atoms with Gasteiger partial charge in [-0.25, -0.2) is 0 Å². The van der Waals surface area contributed by atoms with Crippen molar-refractivity contribution in [1.82, 2.24) is 0 Å². The maximum atomic E-state index is 13.4. The van der Waals surface area contributed by atoms with Crippen molar-refractivity contribution in [2.75, 3.05) is 0 Å². The van der Waals surface area contributed by atoms with Crippen LogP contribution in [0, 0.1) is 20.8 Å². The molecule has 1 aromatic carbocycles. The lowest BCUT2D eigenvalue weighted by atomic mass is 10.0. The molecule has 0 spiro atoms. The second-order valence-electron chi connectivity index (χ2n) is 7.98. The standard InChI is InChI=1S/C16H29O4PSi2/c1-12-10-13(2)15(14(3)11-12)16(17)21(18,19-22(4,5)6)20-23(7,8)9/h10-11H,1-9H3. The van der Waals surface area contributed by atoms with E-state index in [1.165, 1.54) is 0 Å². The smallest absolute Gasteiger partial charge is 0.346 e. The van der Waals surface area contributed by atoms with E-state index in [0.29, 0.717) is 5.56 Å². The van der Waals surface area contributed by atoms with E-state index in [9.17, 15) is 9.36 Å². The largest absolute Gasteiger partial charge is 0.382 e. The van der Waals surface area contributed by atoms with Gasteiger partial charge in [-0.1, -0.05) is 17.7 Å². The van der Waals surface area contributed by atoms with E-state index in [1.807, 2.05) is 72.2 Å². The number of hydrogen-bond acceptors (Lipinski definition) is 4. The molecule has 1 rings (SSSR count). The maximum Gasteiger partial charge on any atom is 0.382 e. The van der Waals surface area contributed by atoms with E-state index in [4.69, 9.17) is 8.43 Å². The van der Waals surface area contributed by atoms with Gasteiger partial charge >= 0.3 is 7.60 Å². The molecule has 1 aromatic rings. The molecule has 0 unspecified atom stereocenters. The molecule has 4 nitrogen and oxygen atoms in total. The molecule has 0 aliphatic heterocycles. The molecule has 0 saturated heterocycles. The first-order chi connectivity index (χ1) is 10.1. The van der Waals surface area contributed by atoms with Gasteiger partial charge < -0.3 is 8.43 Å². The van der Waals surface area contributed by atoms with E-state index in [1.54, 1.807) is 0 Å². The van der Waals surface area contributed by atoms with Gasteiger partial charge in [-0.05, 0) is 71.2 Å². The van der Waals surface area contributed by atoms with Crippen LogP contribution in [0.2, 0.25) is 39.3 Å². The van der Waals surface area contributed by atoms with Crippen molar-refractivity contribution < 1.29 is 17.8 Å². The number of carbonyl (C=O) groups is 1. The number of hydrogen-bond donors (Lipinski definition) is 0. The third-order valence-corrected chi connectivity index (χ3v) is 9.95. The highest BCUT2D eigenvalue weighted by atomic mass is 31.2. The Morgan fingerprint density at radius 3 is 1.52 bits per heavy atom. The van der Waals surface area contributed by atoms with Crippen LogP contribution in [-0.2, 0) is 13.0 Å². The minimum Gasteiger partial charge on any atom is -0.346 e. The topological polar surface area (TPSA) is 52.6 Å². The average molecular weight is 373 g/mol. The third kappa shape index (κ3) is 5.80. The molecule has 0 heterocycles. The fourth-order valence-electron chi connectivity index (χ4n) is 2.48. The zero-order valence-electron chi connectivity index (χ0n) is 15.7. The average Bonchev–Trinajstić information content (AvgIpc) is 2.21. The summed E-state index contributed by atoms with van der Waals surface area (Å²) in [6.45, 7) is 17.2. The Labute approximate surface area is 142 Å². The molecule has 0 saturated carbocycles. The molecule has 0 aliphatic carbocycles. The first-order valence-corrected chi connectivity index (χ1v) is 16.1. The van der Waals surface area contributed by atoms with Crippen molar-refractivity contribution in [3.63, 3.8) is 0 Å². The first-order valence-electron chi connectivity index (χ1n) is 7.79. The summed E-state index contributed by atoms with van der Waals surface area (Å²) in [6.07, 6.45) is 0. The van der Waals surface area contributed by atoms with Gasteiger partial charge in [0.15, 0.2) is 16.6 Å². The predicted molar refractivity (Wildman–Crippen MR) is 101 cm³/mol. The zero-order chi connectivity index (χ0) is 18.2. The highest BCUT2D eigenvalue weighted by molar-refractivity contribution is 7.74. The van der Waals surface area contributed by atoms with Gasteiger partial charge in [0.2, 0.25) is 0 Å². The van der Waals surface area contributed by atoms with Crippen LogP contribution >= 0.6 is 7.60 Å². The Kier molecular flexibility index (Phi) is 6.04. The monoisotopic (exact) mass is 372 g/mol. The number of rotatable bonds is 6. The molecule has 0 aromatic heterocycles. The Morgan fingerprint density at radius 2 is 1.22 bits per heavy atom. The molecular formula is C16H29O4PSi2. The van der Waals surface area contributed by atoms with Crippen LogP contribution in [0.5, 0.6) is 0 Å². The molecule has 23 heavy (non-hydrogen) atoms. The Bertz CT molecular complexity index is 614. The molecule has 0 atom stereocenters. The quantitative estimate of drug-likeness (QED) is 0.478. The van der Waals surface area contributed by atoms with E-state index >= 15 is 0 Å². The fourth-order valence-corrected chi connectivity index (χ4v) is 10.0. The van der Waals surface area contributed by atoms with E-state index in [0.717, 1.165) is 16.7 Å². The van der Waals surface area contributed by atoms with Crippen molar-refractivity contribution in [3.05, 3.63) is 34.4 Å². The summed E-state index contributed by atoms with van der Waals surface area (Å²) in [7, 11) is -8.30. The van der Waals surface area contributed by atoms with Crippen molar-refractivity contribution >= 4 is 29.8 Å². The van der Waals surface area contributed by atoms with Crippen LogP contribution in [0.1, 0.15) is 27.0 Å². The second-order valence-corrected chi connectivity index (χ2v) is 19.3. The highest BCUT2D eigenvalue weighted by Gasteiger charge is 2.44. The van der Waals surface area contributed by atoms with Crippen LogP contribution < -0.4 is 0 Å². The van der Waals surface area contributed by atoms with Gasteiger partial charge in [0.05, 0.1) is 0 Å². The Hall–Kier alpha value is -0.526. The number of aryl methyl sites for hydroxylation is 3. The molecule has 0 aliphatic rings. The fraction of sp³-hybridized carbons (Fsp3) is 0.562. The third-order valence-electron chi connectivity index (χ3n) is 2.93. The SMILES string of the molecule is Cc1cc(C)c(C(=O)P(=O)(O[Si](C)(C)C)O[Si](C)(C)C)c(C)c1. The molecule has 0 radical (unpaired) electrons. The van der Waals surface area contributed by atoms with Gasteiger partial charge in [0, 0.05) is 5.56 Å². The van der Waals surface area contributed by atoms with Gasteiger partial charge in [0.25, 0.3) is 5.52 Å². The molecular weight excluding hydrogens is 343 g/mol. The summed E-state index contributed by atoms with van der Waals surface area (Å²) >= 11 is 0. The lowest BCUT2D eigenvalue weighted by Crippen LogP contribution is -2.32. The minimum absolute atomic E-state index is 0.468. The lowest BCUT2D eigenvalue weighted by molar-refractivity contribution is 0.104. The Balaban J connectivity index is 3.44. The molecule has 0 bridgehead atoms. The van der Waals surface area contributed by atoms with Crippen molar-refractivity contribution in [3.8, 4) is 0 Å². The van der Waals surface area contributed by atoms with Gasteiger partial charge in [-0.3, -0.25) is 9.36 Å². The maximum absolute atomic E-state index is 13.4. The molecule has 0 amide bonds. The zero-order valence-corrected chi connectivity index (χ0v) is 18.6. The second kappa shape index (κ2) is 6.77. The van der Waals surface area contributed by atoms with E-state index in [-0.39, 0.29) is 0 Å². The van der Waals surface area contributed by atoms with Crippen LogP contribution in [0.25, 0.3) is 0 Å². The highest BCUT2D eigenvalue weighted by Crippen LogP contribution is 2.56. The summed E-state index contributed by atoms with van der Waals surface area (Å²) in [6, 6.07) is 3.85. The van der Waals surface area contributed by atoms with Gasteiger partial charge in [-0.2, -0.15) is 0 Å². The normalized spacial score (nSPS) is 13.3. The summed E-state index contributed by atoms with van der Waals surface area (Å²) < 4.78 is 25.0. The lowest BCUT2D eigenvalue weighted by Gasteiger charge is -2.30. The molecule has 0 N–H and O–H groups in total. The first kappa shape index (κ1) is 20.5. The van der Waals surface area contributed by atoms with Gasteiger partial charge in [0.1, 0.15) is 0 Å². The summed E-state index contributed by atoms with van der Waals surface area (Å²) in [5.41, 5.74) is 2.66. The predicted octanol–water partition coefficient (Wildman–Crippen LogP) is 5.65. The van der Waals surface area contributed by atoms with Crippen LogP contribution in [0.3, 0.4) is 0 Å². The number of benzene rings is 1. The van der Waals surface area contributed by atoms with Gasteiger partial charge in [-0.15, -0.1) is 0 Å². The molecule has 130 valence electrons. The van der Waals surface area contributed by atoms with Crippen LogP contribution in [-0.4, -0.2) is 22.2 Å². The van der Waals surface area contributed by atoms with Crippen LogP contribution in [0.15, 0.2) is 12.1 Å². The van der Waals surface area contributed by atoms with Crippen molar-refractivity contribution in [1.29, 1.82) is 0 Å². The van der Waals surface area contributed by atoms with E-state index in [2.05, 4.69) is 0 Å². The van der Waals surface area contributed by atoms with Crippen molar-refractivity contribution in [2.24, 2.45) is 0 Å². The molecule has 7 heteroatoms. The Morgan fingerprint density at radius 1 is 0.870 bits per heavy atom. The molecule has 0 fully saturated rings.